The van der Waals surface area contributed by atoms with Gasteiger partial charge in [-0.3, -0.25) is 9.59 Å². The van der Waals surface area contributed by atoms with Crippen LogP contribution >= 0.6 is 0 Å². The van der Waals surface area contributed by atoms with Gasteiger partial charge in [0.05, 0.1) is 0 Å². The van der Waals surface area contributed by atoms with Gasteiger partial charge in [-0.15, -0.1) is 0 Å². The molecule has 5 heteroatoms. The van der Waals surface area contributed by atoms with Crippen LogP contribution in [0.15, 0.2) is 30.3 Å². The second-order valence-electron chi connectivity index (χ2n) is 5.22. The van der Waals surface area contributed by atoms with Crippen LogP contribution in [0.4, 0.5) is 0 Å². The summed E-state index contributed by atoms with van der Waals surface area (Å²) in [6.07, 6.45) is 1.86. The zero-order valence-corrected chi connectivity index (χ0v) is 11.5. The molecule has 0 aliphatic heterocycles. The maximum atomic E-state index is 12.2. The van der Waals surface area contributed by atoms with Crippen LogP contribution in [0, 0.1) is 0 Å². The molecule has 2 rings (SSSR count). The summed E-state index contributed by atoms with van der Waals surface area (Å²) in [5, 5.41) is 11.5. The van der Waals surface area contributed by atoms with E-state index >= 15 is 0 Å². The molecular weight excluding hydrogens is 258 g/mol. The number of amides is 1. The van der Waals surface area contributed by atoms with Crippen LogP contribution < -0.4 is 10.1 Å². The molecule has 1 fully saturated rings. The van der Waals surface area contributed by atoms with Crippen molar-refractivity contribution in [2.45, 2.75) is 44.2 Å². The SMILES string of the molecule is CC(CCC(=O)O)NC(=O)C1(Oc2ccccc2)CC1. The molecule has 0 spiro atoms. The van der Waals surface area contributed by atoms with E-state index in [4.69, 9.17) is 9.84 Å². The number of carboxylic acid groups (broad SMARTS) is 1. The van der Waals surface area contributed by atoms with Gasteiger partial charge in [-0.1, -0.05) is 18.2 Å². The van der Waals surface area contributed by atoms with E-state index in [-0.39, 0.29) is 18.4 Å². The molecule has 1 aromatic carbocycles. The number of ether oxygens (including phenoxy) is 1. The van der Waals surface area contributed by atoms with E-state index in [1.165, 1.54) is 0 Å². The van der Waals surface area contributed by atoms with Crippen molar-refractivity contribution in [2.24, 2.45) is 0 Å². The first-order chi connectivity index (χ1) is 9.52. The van der Waals surface area contributed by atoms with E-state index in [0.29, 0.717) is 25.0 Å². The molecule has 0 radical (unpaired) electrons. The molecule has 1 saturated carbocycles. The molecule has 1 aromatic rings. The Bertz CT molecular complexity index is 482. The van der Waals surface area contributed by atoms with Gasteiger partial charge in [-0.05, 0) is 25.5 Å². The van der Waals surface area contributed by atoms with Gasteiger partial charge in [0.1, 0.15) is 5.75 Å². The molecule has 0 aromatic heterocycles. The van der Waals surface area contributed by atoms with E-state index in [0.717, 1.165) is 0 Å². The summed E-state index contributed by atoms with van der Waals surface area (Å²) in [5.41, 5.74) is -0.765. The van der Waals surface area contributed by atoms with Gasteiger partial charge in [-0.2, -0.15) is 0 Å². The summed E-state index contributed by atoms with van der Waals surface area (Å²) in [7, 11) is 0. The molecule has 20 heavy (non-hydrogen) atoms. The molecule has 0 bridgehead atoms. The molecule has 0 heterocycles. The van der Waals surface area contributed by atoms with Crippen molar-refractivity contribution in [3.05, 3.63) is 30.3 Å². The second-order valence-corrected chi connectivity index (χ2v) is 5.22. The van der Waals surface area contributed by atoms with Gasteiger partial charge in [0.15, 0.2) is 5.60 Å². The molecule has 1 aliphatic rings. The molecule has 108 valence electrons. The fraction of sp³-hybridized carbons (Fsp3) is 0.467. The number of para-hydroxylation sites is 1. The van der Waals surface area contributed by atoms with Gasteiger partial charge in [-0.25, -0.2) is 0 Å². The minimum absolute atomic E-state index is 0.0496. The fourth-order valence-electron chi connectivity index (χ4n) is 1.97. The van der Waals surface area contributed by atoms with Crippen LogP contribution in [0.25, 0.3) is 0 Å². The number of aliphatic carboxylic acids is 1. The number of carbonyl (C=O) groups is 2. The van der Waals surface area contributed by atoms with Crippen molar-refractivity contribution in [3.8, 4) is 5.75 Å². The van der Waals surface area contributed by atoms with Crippen molar-refractivity contribution in [3.63, 3.8) is 0 Å². The Morgan fingerprint density at radius 3 is 2.55 bits per heavy atom. The van der Waals surface area contributed by atoms with Gasteiger partial charge in [0.25, 0.3) is 5.91 Å². The third kappa shape index (κ3) is 3.73. The highest BCUT2D eigenvalue weighted by atomic mass is 16.5. The second kappa shape index (κ2) is 5.94. The number of carbonyl (C=O) groups excluding carboxylic acids is 1. The summed E-state index contributed by atoms with van der Waals surface area (Å²) in [6.45, 7) is 1.80. The normalized spacial score (nSPS) is 17.1. The van der Waals surface area contributed by atoms with Gasteiger partial charge < -0.3 is 15.2 Å². The monoisotopic (exact) mass is 277 g/mol. The number of hydrogen-bond donors (Lipinski definition) is 2. The van der Waals surface area contributed by atoms with E-state index in [1.54, 1.807) is 6.92 Å². The lowest BCUT2D eigenvalue weighted by Crippen LogP contribution is -2.44. The van der Waals surface area contributed by atoms with Crippen LogP contribution in [0.3, 0.4) is 0 Å². The predicted molar refractivity (Wildman–Crippen MR) is 73.5 cm³/mol. The standard InChI is InChI=1S/C15H19NO4/c1-11(7-8-13(17)18)16-14(19)15(9-10-15)20-12-5-3-2-4-6-12/h2-6,11H,7-10H2,1H3,(H,16,19)(H,17,18). The topological polar surface area (TPSA) is 75.6 Å². The smallest absolute Gasteiger partial charge is 0.303 e. The third-order valence-corrected chi connectivity index (χ3v) is 3.34. The van der Waals surface area contributed by atoms with Gasteiger partial charge in [0, 0.05) is 25.3 Å². The summed E-state index contributed by atoms with van der Waals surface area (Å²) in [4.78, 5) is 22.7. The number of benzene rings is 1. The highest BCUT2D eigenvalue weighted by molar-refractivity contribution is 5.88. The molecule has 1 amide bonds. The highest BCUT2D eigenvalue weighted by Gasteiger charge is 2.53. The zero-order chi connectivity index (χ0) is 14.6. The fourth-order valence-corrected chi connectivity index (χ4v) is 1.97. The van der Waals surface area contributed by atoms with E-state index < -0.39 is 11.6 Å². The van der Waals surface area contributed by atoms with Crippen LogP contribution in [-0.4, -0.2) is 28.6 Å². The molecule has 1 unspecified atom stereocenters. The Hall–Kier alpha value is -2.04. The first kappa shape index (κ1) is 14.4. The van der Waals surface area contributed by atoms with Crippen molar-refractivity contribution >= 4 is 11.9 Å². The maximum Gasteiger partial charge on any atom is 0.303 e. The number of hydrogen-bond acceptors (Lipinski definition) is 3. The maximum absolute atomic E-state index is 12.2. The molecule has 1 atom stereocenters. The van der Waals surface area contributed by atoms with Crippen molar-refractivity contribution in [1.29, 1.82) is 0 Å². The Morgan fingerprint density at radius 2 is 2.00 bits per heavy atom. The van der Waals surface area contributed by atoms with Crippen LogP contribution in [-0.2, 0) is 9.59 Å². The quantitative estimate of drug-likeness (QED) is 0.799. The van der Waals surface area contributed by atoms with Crippen LogP contribution in [0.2, 0.25) is 0 Å². The van der Waals surface area contributed by atoms with Crippen molar-refractivity contribution < 1.29 is 19.4 Å². The molecule has 0 saturated heterocycles. The summed E-state index contributed by atoms with van der Waals surface area (Å²) in [5.74, 6) is -0.328. The average molecular weight is 277 g/mol. The molecule has 2 N–H and O–H groups in total. The zero-order valence-electron chi connectivity index (χ0n) is 11.5. The van der Waals surface area contributed by atoms with Crippen LogP contribution in [0.5, 0.6) is 5.75 Å². The average Bonchev–Trinajstić information content (AvgIpc) is 3.18. The van der Waals surface area contributed by atoms with E-state index in [1.807, 2.05) is 30.3 Å². The van der Waals surface area contributed by atoms with E-state index in [9.17, 15) is 9.59 Å². The lowest BCUT2D eigenvalue weighted by Gasteiger charge is -2.20. The Labute approximate surface area is 117 Å². The molecular formula is C15H19NO4. The largest absolute Gasteiger partial charge is 0.481 e. The number of carboxylic acids is 1. The predicted octanol–water partition coefficient (Wildman–Crippen LogP) is 1.97. The Balaban J connectivity index is 1.87. The highest BCUT2D eigenvalue weighted by Crippen LogP contribution is 2.40. The molecule has 5 nitrogen and oxygen atoms in total. The van der Waals surface area contributed by atoms with Crippen LogP contribution in [0.1, 0.15) is 32.6 Å². The molecule has 1 aliphatic carbocycles. The van der Waals surface area contributed by atoms with Gasteiger partial charge in [0.2, 0.25) is 0 Å². The van der Waals surface area contributed by atoms with E-state index in [2.05, 4.69) is 5.32 Å². The first-order valence-electron chi connectivity index (χ1n) is 6.79. The lowest BCUT2D eigenvalue weighted by molar-refractivity contribution is -0.137. The number of nitrogens with one attached hydrogen (secondary N) is 1. The summed E-state index contributed by atoms with van der Waals surface area (Å²) in [6, 6.07) is 9.08. The minimum Gasteiger partial charge on any atom is -0.481 e. The Kier molecular flexibility index (Phi) is 4.27. The minimum atomic E-state index is -0.854. The van der Waals surface area contributed by atoms with Crippen molar-refractivity contribution in [1.82, 2.24) is 5.32 Å². The lowest BCUT2D eigenvalue weighted by atomic mass is 10.1. The third-order valence-electron chi connectivity index (χ3n) is 3.34. The summed E-state index contributed by atoms with van der Waals surface area (Å²) >= 11 is 0. The Morgan fingerprint density at radius 1 is 1.35 bits per heavy atom. The van der Waals surface area contributed by atoms with Gasteiger partial charge >= 0.3 is 5.97 Å². The summed E-state index contributed by atoms with van der Waals surface area (Å²) < 4.78 is 5.77. The number of rotatable bonds is 7. The first-order valence-corrected chi connectivity index (χ1v) is 6.79. The van der Waals surface area contributed by atoms with Crippen molar-refractivity contribution in [2.75, 3.05) is 0 Å².